The van der Waals surface area contributed by atoms with Gasteiger partial charge in [-0.3, -0.25) is 14.4 Å². The molecule has 0 aliphatic carbocycles. The molecule has 0 fully saturated rings. The van der Waals surface area contributed by atoms with Gasteiger partial charge in [-0.05, 0) is 36.0 Å². The minimum atomic E-state index is -1.52. The second-order valence-corrected chi connectivity index (χ2v) is 8.97. The van der Waals surface area contributed by atoms with E-state index in [0.717, 1.165) is 0 Å². The Bertz CT molecular complexity index is 842. The molecule has 0 heterocycles. The lowest BCUT2D eigenvalue weighted by Gasteiger charge is -2.26. The monoisotopic (exact) mass is 480 g/mol. The van der Waals surface area contributed by atoms with Gasteiger partial charge < -0.3 is 37.0 Å². The predicted octanol–water partition coefficient (Wildman–Crippen LogP) is -0.505. The summed E-state index contributed by atoms with van der Waals surface area (Å²) in [5.74, 6) is -3.54. The van der Waals surface area contributed by atoms with Crippen molar-refractivity contribution in [2.75, 3.05) is 6.61 Å². The molecule has 0 aliphatic rings. The molecule has 0 saturated heterocycles. The number of aliphatic hydroxyl groups excluding tert-OH is 1. The molecule has 0 aliphatic heterocycles. The van der Waals surface area contributed by atoms with E-state index < -0.39 is 54.5 Å². The first-order valence-corrected chi connectivity index (χ1v) is 11.1. The Morgan fingerprint density at radius 2 is 1.35 bits per heavy atom. The largest absolute Gasteiger partial charge is 0.508 e. The van der Waals surface area contributed by atoms with Crippen LogP contribution in [0, 0.1) is 11.8 Å². The summed E-state index contributed by atoms with van der Waals surface area (Å²) < 4.78 is 0. The zero-order valence-corrected chi connectivity index (χ0v) is 19.9. The van der Waals surface area contributed by atoms with E-state index in [1.165, 1.54) is 12.1 Å². The zero-order valence-electron chi connectivity index (χ0n) is 19.9. The van der Waals surface area contributed by atoms with E-state index >= 15 is 0 Å². The van der Waals surface area contributed by atoms with E-state index in [0.29, 0.717) is 5.56 Å². The van der Waals surface area contributed by atoms with Gasteiger partial charge in [0.05, 0.1) is 12.6 Å². The second kappa shape index (κ2) is 13.5. The first-order valence-electron chi connectivity index (χ1n) is 11.1. The van der Waals surface area contributed by atoms with Crippen LogP contribution in [0.4, 0.5) is 0 Å². The number of rotatable bonds is 13. The fourth-order valence-electron chi connectivity index (χ4n) is 3.08. The molecule has 4 unspecified atom stereocenters. The number of phenolic OH excluding ortho intramolecular Hbond substituents is 1. The molecule has 0 spiro atoms. The van der Waals surface area contributed by atoms with Crippen molar-refractivity contribution in [3.05, 3.63) is 29.8 Å². The van der Waals surface area contributed by atoms with E-state index in [1.807, 2.05) is 13.8 Å². The Morgan fingerprint density at radius 3 is 1.82 bits per heavy atom. The summed E-state index contributed by atoms with van der Waals surface area (Å²) in [5, 5.41) is 35.2. The number of amides is 3. The van der Waals surface area contributed by atoms with E-state index in [2.05, 4.69) is 16.0 Å². The van der Waals surface area contributed by atoms with Crippen molar-refractivity contribution in [2.24, 2.45) is 17.6 Å². The second-order valence-electron chi connectivity index (χ2n) is 8.97. The first-order chi connectivity index (χ1) is 15.8. The van der Waals surface area contributed by atoms with Crippen molar-refractivity contribution in [3.63, 3.8) is 0 Å². The fourth-order valence-corrected chi connectivity index (χ4v) is 3.08. The van der Waals surface area contributed by atoms with Crippen LogP contribution in [0.1, 0.15) is 39.7 Å². The Morgan fingerprint density at radius 1 is 0.853 bits per heavy atom. The topological polar surface area (TPSA) is 191 Å². The minimum absolute atomic E-state index is 0.0343. The number of nitrogens with two attached hydrogens (primary N) is 1. The van der Waals surface area contributed by atoms with Crippen LogP contribution in [-0.2, 0) is 25.6 Å². The van der Waals surface area contributed by atoms with Gasteiger partial charge in [-0.2, -0.15) is 0 Å². The summed E-state index contributed by atoms with van der Waals surface area (Å²) >= 11 is 0. The summed E-state index contributed by atoms with van der Waals surface area (Å²) in [4.78, 5) is 49.6. The summed E-state index contributed by atoms with van der Waals surface area (Å²) in [5.41, 5.74) is 6.56. The number of carbonyl (C=O) groups is 4. The quantitative estimate of drug-likeness (QED) is 0.196. The van der Waals surface area contributed by atoms with Crippen LogP contribution in [0.3, 0.4) is 0 Å². The van der Waals surface area contributed by atoms with E-state index in [1.54, 1.807) is 26.0 Å². The van der Waals surface area contributed by atoms with Crippen molar-refractivity contribution in [1.29, 1.82) is 0 Å². The molecule has 0 saturated carbocycles. The van der Waals surface area contributed by atoms with Crippen LogP contribution in [0.25, 0.3) is 0 Å². The molecule has 190 valence electrons. The fraction of sp³-hybridized carbons (Fsp3) is 0.565. The maximum atomic E-state index is 13.2. The highest BCUT2D eigenvalue weighted by atomic mass is 16.4. The van der Waals surface area contributed by atoms with E-state index in [-0.39, 0.29) is 30.4 Å². The number of hydrogen-bond acceptors (Lipinski definition) is 7. The van der Waals surface area contributed by atoms with Gasteiger partial charge in [0.1, 0.15) is 23.9 Å². The highest BCUT2D eigenvalue weighted by molar-refractivity contribution is 5.94. The Kier molecular flexibility index (Phi) is 11.5. The number of carboxylic acids is 1. The summed E-state index contributed by atoms with van der Waals surface area (Å²) in [6, 6.07) is 1.53. The Hall–Kier alpha value is -3.18. The minimum Gasteiger partial charge on any atom is -0.508 e. The van der Waals surface area contributed by atoms with Gasteiger partial charge in [0.15, 0.2) is 0 Å². The van der Waals surface area contributed by atoms with Crippen molar-refractivity contribution >= 4 is 23.7 Å². The third-order valence-electron chi connectivity index (χ3n) is 5.17. The van der Waals surface area contributed by atoms with E-state index in [9.17, 15) is 29.4 Å². The molecule has 1 aromatic carbocycles. The van der Waals surface area contributed by atoms with Crippen molar-refractivity contribution in [2.45, 2.75) is 64.7 Å². The standard InChI is InChI=1S/C23H36N4O7/c1-12(2)9-16(20(30)27-18(11-28)23(33)34)25-21(31)17(26-22(32)19(24)13(3)4)10-14-5-7-15(29)8-6-14/h5-8,12-13,16-19,28-29H,9-11,24H2,1-4H3,(H,25,31)(H,26,32)(H,27,30)(H,33,34). The van der Waals surface area contributed by atoms with Crippen molar-refractivity contribution in [3.8, 4) is 5.75 Å². The first kappa shape index (κ1) is 28.9. The molecule has 0 bridgehead atoms. The lowest BCUT2D eigenvalue weighted by atomic mass is 9.99. The van der Waals surface area contributed by atoms with E-state index in [4.69, 9.17) is 10.8 Å². The number of benzene rings is 1. The Labute approximate surface area is 199 Å². The molecule has 4 atom stereocenters. The van der Waals surface area contributed by atoms with Crippen LogP contribution in [0.15, 0.2) is 24.3 Å². The molecule has 11 heteroatoms. The zero-order chi connectivity index (χ0) is 26.0. The molecule has 34 heavy (non-hydrogen) atoms. The van der Waals surface area contributed by atoms with Crippen LogP contribution in [0.2, 0.25) is 0 Å². The van der Waals surface area contributed by atoms with Gasteiger partial charge in [-0.25, -0.2) is 4.79 Å². The number of hydrogen-bond donors (Lipinski definition) is 7. The molecule has 11 nitrogen and oxygen atoms in total. The molecular weight excluding hydrogens is 444 g/mol. The van der Waals surface area contributed by atoms with Gasteiger partial charge in [0, 0.05) is 6.42 Å². The number of nitrogens with one attached hydrogen (secondary N) is 3. The number of aromatic hydroxyl groups is 1. The molecule has 1 aromatic rings. The number of carboxylic acid groups (broad SMARTS) is 1. The average Bonchev–Trinajstić information content (AvgIpc) is 2.76. The smallest absolute Gasteiger partial charge is 0.328 e. The van der Waals surface area contributed by atoms with Gasteiger partial charge in [-0.15, -0.1) is 0 Å². The molecule has 0 aromatic heterocycles. The normalized spacial score (nSPS) is 14.7. The maximum absolute atomic E-state index is 13.2. The number of phenols is 1. The van der Waals surface area contributed by atoms with Gasteiger partial charge in [0.2, 0.25) is 17.7 Å². The average molecular weight is 481 g/mol. The molecule has 3 amide bonds. The number of aliphatic hydroxyl groups is 1. The molecule has 0 radical (unpaired) electrons. The predicted molar refractivity (Wildman–Crippen MR) is 125 cm³/mol. The molecule has 8 N–H and O–H groups in total. The Balaban J connectivity index is 3.12. The van der Waals surface area contributed by atoms with Crippen molar-refractivity contribution < 1.29 is 34.5 Å². The SMILES string of the molecule is CC(C)CC(NC(=O)C(Cc1ccc(O)cc1)NC(=O)C(N)C(C)C)C(=O)NC(CO)C(=O)O. The number of aliphatic carboxylic acids is 1. The summed E-state index contributed by atoms with van der Waals surface area (Å²) in [6.07, 6.45) is 0.258. The summed E-state index contributed by atoms with van der Waals surface area (Å²) in [7, 11) is 0. The maximum Gasteiger partial charge on any atom is 0.328 e. The third kappa shape index (κ3) is 9.36. The van der Waals surface area contributed by atoms with Crippen LogP contribution >= 0.6 is 0 Å². The summed E-state index contributed by atoms with van der Waals surface area (Å²) in [6.45, 7) is 6.37. The lowest BCUT2D eigenvalue weighted by Crippen LogP contribution is -2.58. The van der Waals surface area contributed by atoms with Crippen LogP contribution < -0.4 is 21.7 Å². The molecular formula is C23H36N4O7. The van der Waals surface area contributed by atoms with Gasteiger partial charge >= 0.3 is 5.97 Å². The highest BCUT2D eigenvalue weighted by Crippen LogP contribution is 2.13. The number of carbonyl (C=O) groups excluding carboxylic acids is 3. The van der Waals surface area contributed by atoms with Crippen molar-refractivity contribution in [1.82, 2.24) is 16.0 Å². The third-order valence-corrected chi connectivity index (χ3v) is 5.17. The van der Waals surface area contributed by atoms with Gasteiger partial charge in [-0.1, -0.05) is 39.8 Å². The lowest BCUT2D eigenvalue weighted by molar-refractivity contribution is -0.143. The van der Waals surface area contributed by atoms with Crippen LogP contribution in [-0.4, -0.2) is 69.8 Å². The van der Waals surface area contributed by atoms with Crippen LogP contribution in [0.5, 0.6) is 5.75 Å². The highest BCUT2D eigenvalue weighted by Gasteiger charge is 2.31. The molecule has 1 rings (SSSR count). The van der Waals surface area contributed by atoms with Gasteiger partial charge in [0.25, 0.3) is 0 Å².